The van der Waals surface area contributed by atoms with Gasteiger partial charge in [0, 0.05) is 17.4 Å². The minimum absolute atomic E-state index is 0.0314. The lowest BCUT2D eigenvalue weighted by molar-refractivity contribution is 0.354. The van der Waals surface area contributed by atoms with Crippen molar-refractivity contribution in [2.45, 2.75) is 19.4 Å². The fourth-order valence-electron chi connectivity index (χ4n) is 3.82. The molecule has 0 aliphatic carbocycles. The Labute approximate surface area is 195 Å². The zero-order valence-corrected chi connectivity index (χ0v) is 19.7. The molecule has 32 heavy (non-hydrogen) atoms. The van der Waals surface area contributed by atoms with Crippen molar-refractivity contribution in [3.63, 3.8) is 0 Å². The number of nitrogens with zero attached hydrogens (tertiary/aromatic N) is 3. The Bertz CT molecular complexity index is 1250. The minimum Gasteiger partial charge on any atom is -0.493 e. The van der Waals surface area contributed by atoms with Crippen molar-refractivity contribution in [1.82, 2.24) is 4.98 Å². The van der Waals surface area contributed by atoms with E-state index in [1.54, 1.807) is 36.9 Å². The molecular formula is C25H23N3O2S2. The molecule has 3 heterocycles. The van der Waals surface area contributed by atoms with Gasteiger partial charge in [-0.15, -0.1) is 22.7 Å². The van der Waals surface area contributed by atoms with Crippen molar-refractivity contribution < 1.29 is 9.47 Å². The Kier molecular flexibility index (Phi) is 5.68. The first-order chi connectivity index (χ1) is 15.7. The standard InChI is InChI=1S/C25H23N3O2S2/c1-16-6-8-17(9-7-16)20-15-32-25(26-20)28-21(14-19(27-28)24-5-4-12-31-24)18-10-11-22(29-2)23(13-18)30-3/h4-13,15,21H,14H2,1-3H3/t21-/m1/s1. The second-order valence-corrected chi connectivity index (χ2v) is 9.37. The molecule has 0 spiro atoms. The van der Waals surface area contributed by atoms with Gasteiger partial charge in [-0.25, -0.2) is 9.99 Å². The van der Waals surface area contributed by atoms with Crippen molar-refractivity contribution in [2.24, 2.45) is 5.10 Å². The molecule has 5 nitrogen and oxygen atoms in total. The van der Waals surface area contributed by atoms with E-state index in [0.29, 0.717) is 5.75 Å². The van der Waals surface area contributed by atoms with Crippen LogP contribution in [0, 0.1) is 6.92 Å². The van der Waals surface area contributed by atoms with E-state index in [9.17, 15) is 0 Å². The largest absolute Gasteiger partial charge is 0.493 e. The van der Waals surface area contributed by atoms with Crippen LogP contribution in [0.15, 0.2) is 70.5 Å². The fraction of sp³-hybridized carbons (Fsp3) is 0.200. The van der Waals surface area contributed by atoms with Gasteiger partial charge in [0.05, 0.1) is 36.5 Å². The number of thiophene rings is 1. The van der Waals surface area contributed by atoms with E-state index in [4.69, 9.17) is 19.6 Å². The predicted octanol–water partition coefficient (Wildman–Crippen LogP) is 6.55. The van der Waals surface area contributed by atoms with E-state index in [-0.39, 0.29) is 6.04 Å². The molecule has 5 rings (SSSR count). The van der Waals surface area contributed by atoms with Crippen LogP contribution < -0.4 is 14.5 Å². The first kappa shape index (κ1) is 20.7. The normalized spacial score (nSPS) is 15.7. The van der Waals surface area contributed by atoms with Crippen LogP contribution in [0.4, 0.5) is 5.13 Å². The van der Waals surface area contributed by atoms with Gasteiger partial charge in [0.1, 0.15) is 0 Å². The SMILES string of the molecule is COc1ccc([C@H]2CC(c3cccs3)=NN2c2nc(-c3ccc(C)cc3)cs2)cc1OC. The summed E-state index contributed by atoms with van der Waals surface area (Å²) in [7, 11) is 3.32. The molecule has 1 aliphatic rings. The van der Waals surface area contributed by atoms with Gasteiger partial charge in [-0.3, -0.25) is 0 Å². The molecule has 0 N–H and O–H groups in total. The molecule has 0 amide bonds. The van der Waals surface area contributed by atoms with E-state index < -0.39 is 0 Å². The Balaban J connectivity index is 1.53. The molecule has 0 bridgehead atoms. The van der Waals surface area contributed by atoms with Crippen LogP contribution in [0.2, 0.25) is 0 Å². The zero-order chi connectivity index (χ0) is 22.1. The van der Waals surface area contributed by atoms with E-state index in [0.717, 1.165) is 39.8 Å². The van der Waals surface area contributed by atoms with Crippen molar-refractivity contribution in [1.29, 1.82) is 0 Å². The highest BCUT2D eigenvalue weighted by Gasteiger charge is 2.32. The summed E-state index contributed by atoms with van der Waals surface area (Å²) in [6.07, 6.45) is 0.801. The summed E-state index contributed by atoms with van der Waals surface area (Å²) >= 11 is 3.33. The number of hydrogen-bond donors (Lipinski definition) is 0. The molecule has 2 aromatic carbocycles. The number of rotatable bonds is 6. The number of anilines is 1. The molecule has 162 valence electrons. The van der Waals surface area contributed by atoms with Crippen molar-refractivity contribution in [2.75, 3.05) is 19.2 Å². The second-order valence-electron chi connectivity index (χ2n) is 7.58. The van der Waals surface area contributed by atoms with Crippen LogP contribution in [0.25, 0.3) is 11.3 Å². The predicted molar refractivity (Wildman–Crippen MR) is 133 cm³/mol. The Morgan fingerprint density at radius 1 is 0.969 bits per heavy atom. The molecule has 0 unspecified atom stereocenters. The average molecular weight is 462 g/mol. The first-order valence-corrected chi connectivity index (χ1v) is 12.1. The number of benzene rings is 2. The van der Waals surface area contributed by atoms with Gasteiger partial charge in [-0.05, 0) is 36.1 Å². The van der Waals surface area contributed by atoms with Gasteiger partial charge < -0.3 is 9.47 Å². The van der Waals surface area contributed by atoms with Crippen LogP contribution in [-0.4, -0.2) is 24.9 Å². The van der Waals surface area contributed by atoms with Gasteiger partial charge >= 0.3 is 0 Å². The summed E-state index contributed by atoms with van der Waals surface area (Å²) < 4.78 is 11.0. The maximum Gasteiger partial charge on any atom is 0.207 e. The molecule has 7 heteroatoms. The van der Waals surface area contributed by atoms with E-state index in [1.165, 1.54) is 10.4 Å². The van der Waals surface area contributed by atoms with Crippen LogP contribution in [0.1, 0.15) is 28.5 Å². The summed E-state index contributed by atoms with van der Waals surface area (Å²) in [6, 6.07) is 18.8. The molecule has 2 aromatic heterocycles. The number of aromatic nitrogens is 1. The lowest BCUT2D eigenvalue weighted by atomic mass is 10.0. The van der Waals surface area contributed by atoms with Gasteiger partial charge in [0.15, 0.2) is 11.5 Å². The molecule has 0 saturated heterocycles. The van der Waals surface area contributed by atoms with Crippen molar-refractivity contribution >= 4 is 33.5 Å². The molecule has 0 radical (unpaired) electrons. The monoisotopic (exact) mass is 461 g/mol. The van der Waals surface area contributed by atoms with Crippen LogP contribution in [0.3, 0.4) is 0 Å². The highest BCUT2D eigenvalue weighted by molar-refractivity contribution is 7.14. The smallest absolute Gasteiger partial charge is 0.207 e. The second kappa shape index (κ2) is 8.76. The Morgan fingerprint density at radius 2 is 1.78 bits per heavy atom. The van der Waals surface area contributed by atoms with Gasteiger partial charge in [-0.1, -0.05) is 42.0 Å². The number of aryl methyl sites for hydroxylation is 1. The molecular weight excluding hydrogens is 438 g/mol. The van der Waals surface area contributed by atoms with Crippen molar-refractivity contribution in [3.8, 4) is 22.8 Å². The summed E-state index contributed by atoms with van der Waals surface area (Å²) in [4.78, 5) is 6.13. The van der Waals surface area contributed by atoms with Crippen molar-refractivity contribution in [3.05, 3.63) is 81.4 Å². The highest BCUT2D eigenvalue weighted by Crippen LogP contribution is 2.42. The summed E-state index contributed by atoms with van der Waals surface area (Å²) in [5, 5.41) is 12.1. The number of thiazole rings is 1. The fourth-order valence-corrected chi connectivity index (χ4v) is 5.38. The first-order valence-electron chi connectivity index (χ1n) is 10.3. The third-order valence-electron chi connectivity index (χ3n) is 5.54. The number of methoxy groups -OCH3 is 2. The third kappa shape index (κ3) is 3.89. The lowest BCUT2D eigenvalue weighted by Gasteiger charge is -2.22. The molecule has 1 aliphatic heterocycles. The summed E-state index contributed by atoms with van der Waals surface area (Å²) in [5.74, 6) is 1.44. The Hall–Kier alpha value is -3.16. The van der Waals surface area contributed by atoms with E-state index in [1.807, 2.05) is 12.1 Å². The average Bonchev–Trinajstić information content (AvgIpc) is 3.59. The zero-order valence-electron chi connectivity index (χ0n) is 18.1. The lowest BCUT2D eigenvalue weighted by Crippen LogP contribution is -2.18. The highest BCUT2D eigenvalue weighted by atomic mass is 32.1. The molecule has 0 fully saturated rings. The maximum absolute atomic E-state index is 5.56. The van der Waals surface area contributed by atoms with Crippen LogP contribution in [0.5, 0.6) is 11.5 Å². The van der Waals surface area contributed by atoms with Gasteiger partial charge in [-0.2, -0.15) is 5.10 Å². The van der Waals surface area contributed by atoms with E-state index in [2.05, 4.69) is 65.2 Å². The quantitative estimate of drug-likeness (QED) is 0.326. The summed E-state index contributed by atoms with van der Waals surface area (Å²) in [6.45, 7) is 2.09. The summed E-state index contributed by atoms with van der Waals surface area (Å²) in [5.41, 5.74) is 5.51. The molecule has 1 atom stereocenters. The van der Waals surface area contributed by atoms with Crippen LogP contribution in [-0.2, 0) is 0 Å². The van der Waals surface area contributed by atoms with Gasteiger partial charge in [0.2, 0.25) is 5.13 Å². The molecule has 4 aromatic rings. The van der Waals surface area contributed by atoms with E-state index >= 15 is 0 Å². The van der Waals surface area contributed by atoms with Gasteiger partial charge in [0.25, 0.3) is 0 Å². The number of hydrogen-bond acceptors (Lipinski definition) is 7. The molecule has 0 saturated carbocycles. The number of ether oxygens (including phenoxy) is 2. The topological polar surface area (TPSA) is 47.0 Å². The minimum atomic E-state index is 0.0314. The third-order valence-corrected chi connectivity index (χ3v) is 7.29. The maximum atomic E-state index is 5.56. The van der Waals surface area contributed by atoms with Crippen LogP contribution >= 0.6 is 22.7 Å². The Morgan fingerprint density at radius 3 is 2.50 bits per heavy atom. The number of hydrazone groups is 1.